The van der Waals surface area contributed by atoms with E-state index in [4.69, 9.17) is 4.74 Å². The number of anilines is 2. The number of benzene rings is 3. The Morgan fingerprint density at radius 2 is 1.66 bits per heavy atom. The van der Waals surface area contributed by atoms with Crippen molar-refractivity contribution in [3.05, 3.63) is 119 Å². The number of piperazine rings is 1. The Kier molecular flexibility index (Phi) is 16.5. The number of pyridine rings is 1. The number of ether oxygens (including phenoxy) is 1. The van der Waals surface area contributed by atoms with Crippen molar-refractivity contribution in [1.29, 1.82) is 0 Å². The van der Waals surface area contributed by atoms with Crippen molar-refractivity contribution >= 4 is 67.5 Å². The van der Waals surface area contributed by atoms with Crippen molar-refractivity contribution in [3.8, 4) is 21.6 Å². The molecule has 3 aliphatic heterocycles. The molecule has 3 aliphatic rings. The summed E-state index contributed by atoms with van der Waals surface area (Å²) in [4.78, 5) is 73.2. The van der Waals surface area contributed by atoms with E-state index in [-0.39, 0.29) is 57.2 Å². The van der Waals surface area contributed by atoms with Crippen LogP contribution in [-0.2, 0) is 35.9 Å². The lowest BCUT2D eigenvalue weighted by atomic mass is 9.85. The number of aromatic nitrogens is 3. The molecule has 5 N–H and O–H groups in total. The van der Waals surface area contributed by atoms with E-state index in [1.54, 1.807) is 29.1 Å². The van der Waals surface area contributed by atoms with Gasteiger partial charge in [-0.3, -0.25) is 28.8 Å². The molecule has 0 saturated carbocycles. The van der Waals surface area contributed by atoms with E-state index in [1.807, 2.05) is 80.9 Å². The largest absolute Gasteiger partial charge is 0.391 e. The van der Waals surface area contributed by atoms with Crippen LogP contribution in [0.5, 0.6) is 0 Å². The molecule has 0 spiro atoms. The predicted octanol–water partition coefficient (Wildman–Crippen LogP) is 5.82. The molecular weight excluding hydrogens is 1040 g/mol. The van der Waals surface area contributed by atoms with E-state index in [0.717, 1.165) is 75.6 Å². The van der Waals surface area contributed by atoms with E-state index < -0.39 is 87.0 Å². The van der Waals surface area contributed by atoms with Crippen molar-refractivity contribution in [2.45, 2.75) is 71.4 Å². The molecule has 6 aromatic rings. The Labute approximate surface area is 448 Å². The summed E-state index contributed by atoms with van der Waals surface area (Å²) >= 11 is 1.56. The molecular formula is C54H61F3N10O8S2. The number of fused-ring (bicyclic) bond motifs is 1. The van der Waals surface area contributed by atoms with Crippen LogP contribution in [0.3, 0.4) is 0 Å². The maximum absolute atomic E-state index is 15.8. The molecule has 6 heterocycles. The number of thiazole rings is 1. The molecule has 3 fully saturated rings. The third-order valence-corrected chi connectivity index (χ3v) is 16.7. The van der Waals surface area contributed by atoms with Crippen LogP contribution in [0.25, 0.3) is 32.6 Å². The number of carbonyl (C=O) groups excluding carboxylic acids is 4. The fourth-order valence-electron chi connectivity index (χ4n) is 9.87. The molecule has 9 rings (SSSR count). The van der Waals surface area contributed by atoms with Crippen molar-refractivity contribution in [2.75, 3.05) is 75.2 Å². The Morgan fingerprint density at radius 1 is 0.935 bits per heavy atom. The molecule has 3 aromatic carbocycles. The summed E-state index contributed by atoms with van der Waals surface area (Å²) in [7, 11) is -4.38. The van der Waals surface area contributed by atoms with Gasteiger partial charge in [-0.15, -0.1) is 11.3 Å². The molecule has 3 aromatic heterocycles. The number of ketones is 1. The first-order valence-corrected chi connectivity index (χ1v) is 27.7. The van der Waals surface area contributed by atoms with Crippen molar-refractivity contribution in [1.82, 2.24) is 39.7 Å². The van der Waals surface area contributed by atoms with Gasteiger partial charge in [-0.25, -0.2) is 23.1 Å². The number of rotatable bonds is 18. The lowest BCUT2D eigenvalue weighted by molar-refractivity contribution is -0.144. The minimum absolute atomic E-state index is 0.0118. The summed E-state index contributed by atoms with van der Waals surface area (Å²) in [5.74, 6) is -4.95. The van der Waals surface area contributed by atoms with Crippen LogP contribution in [0.15, 0.2) is 84.6 Å². The van der Waals surface area contributed by atoms with Crippen LogP contribution in [-0.4, -0.2) is 156 Å². The zero-order chi connectivity index (χ0) is 54.8. The average molecular weight is 1100 g/mol. The van der Waals surface area contributed by atoms with Crippen LogP contribution < -0.4 is 20.3 Å². The number of halogens is 3. The van der Waals surface area contributed by atoms with Crippen LogP contribution in [0.4, 0.5) is 24.5 Å². The highest BCUT2D eigenvalue weighted by Crippen LogP contribution is 2.33. The van der Waals surface area contributed by atoms with Gasteiger partial charge in [-0.05, 0) is 65.8 Å². The number of nitrogens with one attached hydrogen (secondary N) is 4. The van der Waals surface area contributed by atoms with Gasteiger partial charge in [0.1, 0.15) is 36.3 Å². The third kappa shape index (κ3) is 12.5. The zero-order valence-electron chi connectivity index (χ0n) is 43.0. The summed E-state index contributed by atoms with van der Waals surface area (Å²) in [6.07, 6.45) is 0.704. The van der Waals surface area contributed by atoms with Gasteiger partial charge in [-0.1, -0.05) is 57.2 Å². The summed E-state index contributed by atoms with van der Waals surface area (Å²) in [5, 5.41) is 16.7. The lowest BCUT2D eigenvalue weighted by Gasteiger charge is -2.36. The highest BCUT2D eigenvalue weighted by atomic mass is 32.2. The predicted molar refractivity (Wildman–Crippen MR) is 286 cm³/mol. The van der Waals surface area contributed by atoms with Gasteiger partial charge in [0.25, 0.3) is 0 Å². The topological polar surface area (TPSA) is 222 Å². The second-order valence-electron chi connectivity index (χ2n) is 20.7. The fourth-order valence-corrected chi connectivity index (χ4v) is 11.9. The van der Waals surface area contributed by atoms with Gasteiger partial charge in [0.05, 0.1) is 40.0 Å². The Balaban J connectivity index is 0.735. The summed E-state index contributed by atoms with van der Waals surface area (Å²) in [6, 6.07) is 17.0. The van der Waals surface area contributed by atoms with Crippen LogP contribution in [0, 0.1) is 24.0 Å². The molecule has 1 unspecified atom stereocenters. The minimum atomic E-state index is -4.38. The highest BCUT2D eigenvalue weighted by Gasteiger charge is 2.44. The number of hydrogen-bond donors (Lipinski definition) is 5. The first-order valence-electron chi connectivity index (χ1n) is 25.4. The maximum Gasteiger partial charge on any atom is 0.301 e. The SMILES string of the molecule is Cc1ncsc1-c1ccc(CNC(=O)[C@@H]2C[C@@H](O)CN2C(=O)C(NC(=O)COCCN2CCN(c3ccc(-c4cnc5[nH]cc(C(=O)c6c(F)ccc(NS(=O)(=O)N7CC[C@@H](F)C7)c6F)c5c4)cc3)CC2)C(C)(C)C)cc1. The monoisotopic (exact) mass is 1100 g/mol. The number of carbonyl (C=O) groups is 4. The molecule has 0 radical (unpaired) electrons. The number of alkyl halides is 1. The van der Waals surface area contributed by atoms with Crippen molar-refractivity contribution in [2.24, 2.45) is 5.41 Å². The Hall–Kier alpha value is -6.76. The van der Waals surface area contributed by atoms with E-state index >= 15 is 8.78 Å². The van der Waals surface area contributed by atoms with E-state index in [9.17, 15) is 37.1 Å². The molecule has 3 amide bonds. The maximum atomic E-state index is 15.8. The second-order valence-corrected chi connectivity index (χ2v) is 23.2. The number of aliphatic hydroxyl groups excluding tert-OH is 1. The smallest absolute Gasteiger partial charge is 0.301 e. The lowest BCUT2D eigenvalue weighted by Crippen LogP contribution is -2.58. The molecule has 3 saturated heterocycles. The van der Waals surface area contributed by atoms with Gasteiger partial charge >= 0.3 is 10.2 Å². The standard InChI is InChI=1S/C54H61F3N10O8S2/c1-32-49(76-31-61-32)35-7-5-33(6-8-35)25-60-52(71)44-24-39(68)29-67(44)53(72)50(54(2,3)4)62-45(69)30-75-22-21-64-17-19-65(20-18-64)38-11-9-34(10-12-38)36-23-40-41(27-59-51(40)58-26-36)48(70)46-42(56)13-14-43(47(46)57)63-77(73,74)66-16-15-37(55)28-66/h5-14,23,26-27,31,37,39,44,50,63,68H,15-22,24-25,28-30H2,1-4H3,(H,58,59)(H,60,71)(H,62,69)/t37-,39-,44+,50?/m1/s1. The Morgan fingerprint density at radius 3 is 2.34 bits per heavy atom. The molecule has 0 aliphatic carbocycles. The quantitative estimate of drug-likeness (QED) is 0.0508. The minimum Gasteiger partial charge on any atom is -0.391 e. The number of aromatic amines is 1. The van der Waals surface area contributed by atoms with E-state index in [1.165, 1.54) is 11.1 Å². The van der Waals surface area contributed by atoms with Crippen LogP contribution in [0.1, 0.15) is 60.8 Å². The molecule has 4 atom stereocenters. The fraction of sp³-hybridized carbons (Fsp3) is 0.407. The van der Waals surface area contributed by atoms with E-state index in [0.29, 0.717) is 23.1 Å². The van der Waals surface area contributed by atoms with Gasteiger partial charge in [-0.2, -0.15) is 12.7 Å². The zero-order valence-corrected chi connectivity index (χ0v) is 44.7. The summed E-state index contributed by atoms with van der Waals surface area (Å²) in [5.41, 5.74) is 4.92. The summed E-state index contributed by atoms with van der Waals surface area (Å²) in [6.45, 7) is 10.6. The van der Waals surface area contributed by atoms with Crippen LogP contribution in [0.2, 0.25) is 0 Å². The van der Waals surface area contributed by atoms with Gasteiger partial charge in [0, 0.05) is 99.9 Å². The number of H-pyrrole nitrogens is 1. The Bertz CT molecular complexity index is 3250. The average Bonchev–Trinajstić information content (AvgIpc) is 4.27. The number of amides is 3. The van der Waals surface area contributed by atoms with E-state index in [2.05, 4.69) is 35.4 Å². The van der Waals surface area contributed by atoms with Crippen molar-refractivity contribution in [3.63, 3.8) is 0 Å². The number of β-amino-alcohol motifs (C(OH)–C–C–N with tert-alkyl or cyclic N) is 1. The molecule has 23 heteroatoms. The first kappa shape index (κ1) is 55.0. The third-order valence-electron chi connectivity index (χ3n) is 14.2. The number of aliphatic hydroxyl groups is 1. The second kappa shape index (κ2) is 23.1. The van der Waals surface area contributed by atoms with Crippen molar-refractivity contribution < 1.29 is 50.6 Å². The van der Waals surface area contributed by atoms with Crippen LogP contribution >= 0.6 is 11.3 Å². The molecule has 18 nitrogen and oxygen atoms in total. The molecule has 77 heavy (non-hydrogen) atoms. The van der Waals surface area contributed by atoms with Gasteiger partial charge in [0.15, 0.2) is 5.82 Å². The number of likely N-dealkylation sites (tertiary alicyclic amines) is 1. The summed E-state index contributed by atoms with van der Waals surface area (Å²) < 4.78 is 79.0. The normalized spacial score (nSPS) is 18.9. The first-order chi connectivity index (χ1) is 36.7. The number of aryl methyl sites for hydroxylation is 1. The molecule has 0 bridgehead atoms. The van der Waals surface area contributed by atoms with Gasteiger partial charge < -0.3 is 35.3 Å². The number of hydrogen-bond acceptors (Lipinski definition) is 13. The van der Waals surface area contributed by atoms with Gasteiger partial charge in [0.2, 0.25) is 23.5 Å². The highest BCUT2D eigenvalue weighted by molar-refractivity contribution is 7.90. The molecule has 408 valence electrons. The number of nitrogens with zero attached hydrogens (tertiary/aromatic N) is 6.